The number of thiophene rings is 1. The minimum atomic E-state index is -1.73. The molecule has 0 aliphatic rings. The maximum atomic E-state index is 10.9. The highest BCUT2D eigenvalue weighted by molar-refractivity contribution is 7.18. The second-order valence-corrected chi connectivity index (χ2v) is 15.6. The average Bonchev–Trinajstić information content (AvgIpc) is 3.26. The van der Waals surface area contributed by atoms with E-state index in [2.05, 4.69) is 82.1 Å². The van der Waals surface area contributed by atoms with E-state index in [0.717, 1.165) is 30.1 Å². The molecule has 0 atom stereocenters. The molecule has 0 saturated carbocycles. The Morgan fingerprint density at radius 2 is 1.45 bits per heavy atom. The number of rotatable bonds is 9. The Kier molecular flexibility index (Phi) is 7.77. The molecule has 0 amide bonds. The lowest BCUT2D eigenvalue weighted by Gasteiger charge is -2.37. The zero-order valence-electron chi connectivity index (χ0n) is 20.4. The summed E-state index contributed by atoms with van der Waals surface area (Å²) in [6.07, 6.45) is 0. The predicted molar refractivity (Wildman–Crippen MR) is 143 cm³/mol. The largest absolute Gasteiger partial charge is 0.415 e. The molecule has 0 aliphatic heterocycles. The van der Waals surface area contributed by atoms with Gasteiger partial charge in [0.15, 0.2) is 8.32 Å². The molecule has 2 aromatic carbocycles. The molecule has 1 heterocycles. The average molecular weight is 483 g/mol. The van der Waals surface area contributed by atoms with Crippen LogP contribution in [-0.2, 0) is 4.43 Å². The van der Waals surface area contributed by atoms with Gasteiger partial charge in [-0.25, -0.2) is 0 Å². The summed E-state index contributed by atoms with van der Waals surface area (Å²) in [5, 5.41) is 11.1. The molecule has 3 rings (SSSR count). The lowest BCUT2D eigenvalue weighted by Crippen LogP contribution is -2.42. The summed E-state index contributed by atoms with van der Waals surface area (Å²) in [5.41, 5.74) is 3.48. The van der Waals surface area contributed by atoms with E-state index in [1.807, 2.05) is 12.1 Å². The lowest BCUT2D eigenvalue weighted by atomic mass is 10.1. The van der Waals surface area contributed by atoms with Crippen molar-refractivity contribution in [2.45, 2.75) is 45.8 Å². The number of non-ortho nitro benzene ring substituents is 1. The fraction of sp³-hybridized carbons (Fsp3) is 0.385. The quantitative estimate of drug-likeness (QED) is 0.177. The van der Waals surface area contributed by atoms with E-state index < -0.39 is 8.32 Å². The molecule has 7 heteroatoms. The second kappa shape index (κ2) is 10.2. The van der Waals surface area contributed by atoms with Crippen LogP contribution in [0.15, 0.2) is 60.7 Å². The Morgan fingerprint density at radius 3 is 1.91 bits per heavy atom. The summed E-state index contributed by atoms with van der Waals surface area (Å²) in [6, 6.07) is 19.6. The molecule has 3 aromatic rings. The summed E-state index contributed by atoms with van der Waals surface area (Å²) < 4.78 is 6.37. The van der Waals surface area contributed by atoms with E-state index in [1.54, 1.807) is 23.5 Å². The third-order valence-electron chi connectivity index (χ3n) is 6.50. The predicted octanol–water partition coefficient (Wildman–Crippen LogP) is 7.84. The molecule has 0 radical (unpaired) electrons. The van der Waals surface area contributed by atoms with Crippen LogP contribution in [0.25, 0.3) is 20.9 Å². The number of hydrogen-bond acceptors (Lipinski definition) is 5. The number of benzene rings is 2. The molecular formula is C26H34N2O3SSi. The first kappa shape index (κ1) is 25.1. The molecule has 0 aliphatic carbocycles. The molecule has 0 N–H and O–H groups in total. The van der Waals surface area contributed by atoms with Crippen LogP contribution in [0.1, 0.15) is 27.7 Å². The van der Waals surface area contributed by atoms with Crippen LogP contribution in [-0.4, -0.2) is 32.9 Å². The normalized spacial score (nSPS) is 12.1. The zero-order valence-corrected chi connectivity index (χ0v) is 22.2. The highest BCUT2D eigenvalue weighted by Crippen LogP contribution is 2.37. The smallest absolute Gasteiger partial charge is 0.269 e. The first-order valence-electron chi connectivity index (χ1n) is 11.4. The monoisotopic (exact) mass is 482 g/mol. The summed E-state index contributed by atoms with van der Waals surface area (Å²) in [4.78, 5) is 15.1. The van der Waals surface area contributed by atoms with Gasteiger partial charge >= 0.3 is 0 Å². The Hall–Kier alpha value is -2.48. The van der Waals surface area contributed by atoms with E-state index >= 15 is 0 Å². The molecule has 5 nitrogen and oxygen atoms in total. The molecule has 0 saturated heterocycles. The minimum absolute atomic E-state index is 0.112. The van der Waals surface area contributed by atoms with Crippen LogP contribution < -0.4 is 4.90 Å². The molecule has 33 heavy (non-hydrogen) atoms. The van der Waals surface area contributed by atoms with Crippen LogP contribution in [0.5, 0.6) is 0 Å². The molecule has 0 fully saturated rings. The van der Waals surface area contributed by atoms with E-state index in [9.17, 15) is 10.1 Å². The molecule has 0 spiro atoms. The third-order valence-corrected chi connectivity index (χ3v) is 12.2. The highest BCUT2D eigenvalue weighted by Gasteiger charge is 2.36. The minimum Gasteiger partial charge on any atom is -0.415 e. The van der Waals surface area contributed by atoms with Crippen molar-refractivity contribution in [3.05, 3.63) is 70.8 Å². The van der Waals surface area contributed by atoms with Gasteiger partial charge in [0.25, 0.3) is 5.69 Å². The van der Waals surface area contributed by atoms with Crippen molar-refractivity contribution < 1.29 is 9.35 Å². The molecule has 1 aromatic heterocycles. The van der Waals surface area contributed by atoms with Crippen molar-refractivity contribution in [1.82, 2.24) is 0 Å². The molecule has 0 bridgehead atoms. The van der Waals surface area contributed by atoms with E-state index in [0.29, 0.717) is 0 Å². The number of anilines is 1. The molecule has 0 unspecified atom stereocenters. The molecule has 176 valence electrons. The van der Waals surface area contributed by atoms with Gasteiger partial charge in [0, 0.05) is 40.7 Å². The van der Waals surface area contributed by atoms with E-state index in [4.69, 9.17) is 4.43 Å². The second-order valence-electron chi connectivity index (χ2n) is 9.70. The Labute approximate surface area is 202 Å². The Balaban J connectivity index is 1.66. The summed E-state index contributed by atoms with van der Waals surface area (Å²) in [5.74, 6) is 0. The van der Waals surface area contributed by atoms with E-state index in [-0.39, 0.29) is 15.6 Å². The first-order valence-corrected chi connectivity index (χ1v) is 15.1. The number of likely N-dealkylation sites (N-methyl/N-ethyl adjacent to an activating group) is 1. The van der Waals surface area contributed by atoms with Gasteiger partial charge in [-0.2, -0.15) is 0 Å². The van der Waals surface area contributed by atoms with Gasteiger partial charge in [0.1, 0.15) is 0 Å². The van der Waals surface area contributed by atoms with Gasteiger partial charge in [-0.3, -0.25) is 10.1 Å². The highest BCUT2D eigenvalue weighted by atomic mass is 32.1. The summed E-state index contributed by atoms with van der Waals surface area (Å²) in [6.45, 7) is 16.1. The Bertz CT molecular complexity index is 1070. The SMILES string of the molecule is CCN(CCO[Si](C)(C)C(C)(C)C)c1ccc(-c2ccc(-c3ccc([N+](=O)[O-])cc3)s2)cc1. The zero-order chi connectivity index (χ0) is 24.2. The van der Waals surface area contributed by atoms with Crippen LogP contribution in [0.4, 0.5) is 11.4 Å². The van der Waals surface area contributed by atoms with Crippen molar-refractivity contribution in [3.8, 4) is 20.9 Å². The standard InChI is InChI=1S/C26H34N2O3SSi/c1-7-27(18-19-31-33(5,6)26(2,3)4)22-12-8-20(9-13-22)24-16-17-25(32-24)21-10-14-23(15-11-21)28(29)30/h8-17H,7,18-19H2,1-6H3. The van der Waals surface area contributed by atoms with Gasteiger partial charge < -0.3 is 9.33 Å². The van der Waals surface area contributed by atoms with Crippen molar-refractivity contribution in [1.29, 1.82) is 0 Å². The van der Waals surface area contributed by atoms with Crippen molar-refractivity contribution in [2.24, 2.45) is 0 Å². The van der Waals surface area contributed by atoms with Crippen LogP contribution >= 0.6 is 11.3 Å². The van der Waals surface area contributed by atoms with Crippen molar-refractivity contribution in [3.63, 3.8) is 0 Å². The summed E-state index contributed by atoms with van der Waals surface area (Å²) in [7, 11) is -1.73. The lowest BCUT2D eigenvalue weighted by molar-refractivity contribution is -0.384. The number of nitro benzene ring substituents is 1. The van der Waals surface area contributed by atoms with Gasteiger partial charge in [0.05, 0.1) is 11.5 Å². The van der Waals surface area contributed by atoms with Crippen LogP contribution in [0.3, 0.4) is 0 Å². The van der Waals surface area contributed by atoms with Gasteiger partial charge in [-0.1, -0.05) is 32.9 Å². The first-order chi connectivity index (χ1) is 15.5. The number of nitro groups is 1. The number of hydrogen-bond donors (Lipinski definition) is 0. The van der Waals surface area contributed by atoms with Gasteiger partial charge in [-0.15, -0.1) is 11.3 Å². The van der Waals surface area contributed by atoms with Gasteiger partial charge in [-0.05, 0) is 72.6 Å². The third kappa shape index (κ3) is 6.10. The van der Waals surface area contributed by atoms with E-state index in [1.165, 1.54) is 16.1 Å². The number of nitrogens with zero attached hydrogens (tertiary/aromatic N) is 2. The van der Waals surface area contributed by atoms with Crippen molar-refractivity contribution >= 4 is 31.0 Å². The fourth-order valence-corrected chi connectivity index (χ4v) is 5.38. The topological polar surface area (TPSA) is 55.6 Å². The fourth-order valence-electron chi connectivity index (χ4n) is 3.33. The molecular weight excluding hydrogens is 448 g/mol. The van der Waals surface area contributed by atoms with Crippen LogP contribution in [0, 0.1) is 10.1 Å². The maximum absolute atomic E-state index is 10.9. The van der Waals surface area contributed by atoms with Crippen LogP contribution in [0.2, 0.25) is 18.1 Å². The Morgan fingerprint density at radius 1 is 0.939 bits per heavy atom. The van der Waals surface area contributed by atoms with Crippen molar-refractivity contribution in [2.75, 3.05) is 24.6 Å². The summed E-state index contributed by atoms with van der Waals surface area (Å²) >= 11 is 1.69. The van der Waals surface area contributed by atoms with Gasteiger partial charge in [0.2, 0.25) is 0 Å². The maximum Gasteiger partial charge on any atom is 0.269 e.